The number of hydrogen-bond acceptors (Lipinski definition) is 2. The van der Waals surface area contributed by atoms with Crippen LogP contribution in [0.15, 0.2) is 0 Å². The average molecular weight is 212 g/mol. The first-order chi connectivity index (χ1) is 6.95. The molecule has 1 aliphatic heterocycles. The molecule has 90 valence electrons. The molecule has 0 amide bonds. The summed E-state index contributed by atoms with van der Waals surface area (Å²) in [7, 11) is 0. The van der Waals surface area contributed by atoms with Crippen LogP contribution in [0.2, 0.25) is 0 Å². The summed E-state index contributed by atoms with van der Waals surface area (Å²) in [5.41, 5.74) is 0.359. The standard InChI is InChI=1S/C13H28N2/c1-6-14-12(13(3,4)5)10-15-9-7-8-11(15)2/h11-12,14H,6-10H2,1-5H3. The van der Waals surface area contributed by atoms with Crippen molar-refractivity contribution in [1.82, 2.24) is 10.2 Å². The molecule has 15 heavy (non-hydrogen) atoms. The number of hydrogen-bond donors (Lipinski definition) is 1. The van der Waals surface area contributed by atoms with Crippen molar-refractivity contribution < 1.29 is 0 Å². The summed E-state index contributed by atoms with van der Waals surface area (Å²) in [6.45, 7) is 15.1. The molecule has 1 aliphatic rings. The van der Waals surface area contributed by atoms with Crippen molar-refractivity contribution in [2.75, 3.05) is 19.6 Å². The third-order valence-corrected chi connectivity index (χ3v) is 3.60. The maximum Gasteiger partial charge on any atom is 0.0243 e. The van der Waals surface area contributed by atoms with Crippen molar-refractivity contribution in [3.63, 3.8) is 0 Å². The van der Waals surface area contributed by atoms with E-state index in [9.17, 15) is 0 Å². The van der Waals surface area contributed by atoms with E-state index in [2.05, 4.69) is 44.8 Å². The maximum atomic E-state index is 3.63. The van der Waals surface area contributed by atoms with Crippen LogP contribution in [-0.2, 0) is 0 Å². The van der Waals surface area contributed by atoms with E-state index in [4.69, 9.17) is 0 Å². The summed E-state index contributed by atoms with van der Waals surface area (Å²) in [6, 6.07) is 1.40. The van der Waals surface area contributed by atoms with Crippen molar-refractivity contribution in [3.05, 3.63) is 0 Å². The van der Waals surface area contributed by atoms with Crippen LogP contribution in [0, 0.1) is 5.41 Å². The average Bonchev–Trinajstić information content (AvgIpc) is 2.49. The molecule has 2 atom stereocenters. The lowest BCUT2D eigenvalue weighted by Crippen LogP contribution is -2.49. The van der Waals surface area contributed by atoms with E-state index in [0.29, 0.717) is 11.5 Å². The van der Waals surface area contributed by atoms with Crippen LogP contribution in [-0.4, -0.2) is 36.6 Å². The van der Waals surface area contributed by atoms with Gasteiger partial charge in [0.2, 0.25) is 0 Å². The van der Waals surface area contributed by atoms with Gasteiger partial charge in [-0.2, -0.15) is 0 Å². The van der Waals surface area contributed by atoms with Crippen LogP contribution in [0.1, 0.15) is 47.5 Å². The highest BCUT2D eigenvalue weighted by Gasteiger charge is 2.29. The maximum absolute atomic E-state index is 3.63. The predicted molar refractivity (Wildman–Crippen MR) is 67.2 cm³/mol. The largest absolute Gasteiger partial charge is 0.312 e. The minimum absolute atomic E-state index is 0.359. The van der Waals surface area contributed by atoms with E-state index in [1.807, 2.05) is 0 Å². The predicted octanol–water partition coefficient (Wildman–Crippen LogP) is 2.49. The van der Waals surface area contributed by atoms with Gasteiger partial charge < -0.3 is 5.32 Å². The lowest BCUT2D eigenvalue weighted by molar-refractivity contribution is 0.170. The van der Waals surface area contributed by atoms with E-state index < -0.39 is 0 Å². The topological polar surface area (TPSA) is 15.3 Å². The second-order valence-corrected chi connectivity index (χ2v) is 5.96. The molecule has 2 unspecified atom stereocenters. The van der Waals surface area contributed by atoms with E-state index in [0.717, 1.165) is 12.6 Å². The first-order valence-electron chi connectivity index (χ1n) is 6.42. The quantitative estimate of drug-likeness (QED) is 0.770. The van der Waals surface area contributed by atoms with E-state index in [1.54, 1.807) is 0 Å². The first kappa shape index (κ1) is 13.0. The molecule has 0 bridgehead atoms. The Hall–Kier alpha value is -0.0800. The molecule has 0 saturated carbocycles. The van der Waals surface area contributed by atoms with Crippen LogP contribution < -0.4 is 5.32 Å². The van der Waals surface area contributed by atoms with Gasteiger partial charge in [0.15, 0.2) is 0 Å². The zero-order chi connectivity index (χ0) is 11.5. The van der Waals surface area contributed by atoms with Crippen LogP contribution in [0.25, 0.3) is 0 Å². The molecule has 0 aromatic heterocycles. The van der Waals surface area contributed by atoms with Gasteiger partial charge in [-0.3, -0.25) is 4.90 Å². The summed E-state index contributed by atoms with van der Waals surface area (Å²) >= 11 is 0. The highest BCUT2D eigenvalue weighted by Crippen LogP contribution is 2.23. The second kappa shape index (κ2) is 5.31. The van der Waals surface area contributed by atoms with Gasteiger partial charge in [0.05, 0.1) is 0 Å². The molecule has 0 spiro atoms. The van der Waals surface area contributed by atoms with Crippen LogP contribution in [0.4, 0.5) is 0 Å². The van der Waals surface area contributed by atoms with Gasteiger partial charge in [0.1, 0.15) is 0 Å². The number of nitrogens with zero attached hydrogens (tertiary/aromatic N) is 1. The Morgan fingerprint density at radius 2 is 2.07 bits per heavy atom. The van der Waals surface area contributed by atoms with Crippen molar-refractivity contribution in [1.29, 1.82) is 0 Å². The van der Waals surface area contributed by atoms with Gasteiger partial charge in [-0.05, 0) is 38.3 Å². The minimum atomic E-state index is 0.359. The normalized spacial score (nSPS) is 25.8. The molecule has 0 aromatic rings. The number of likely N-dealkylation sites (tertiary alicyclic amines) is 1. The van der Waals surface area contributed by atoms with Crippen molar-refractivity contribution in [2.45, 2.75) is 59.5 Å². The van der Waals surface area contributed by atoms with Gasteiger partial charge >= 0.3 is 0 Å². The summed E-state index contributed by atoms with van der Waals surface area (Å²) in [6.07, 6.45) is 2.76. The fraction of sp³-hybridized carbons (Fsp3) is 1.00. The molecule has 1 N–H and O–H groups in total. The molecule has 1 heterocycles. The third kappa shape index (κ3) is 3.76. The molecule has 0 aliphatic carbocycles. The number of rotatable bonds is 4. The van der Waals surface area contributed by atoms with Crippen molar-refractivity contribution >= 4 is 0 Å². The van der Waals surface area contributed by atoms with Gasteiger partial charge in [-0.15, -0.1) is 0 Å². The third-order valence-electron chi connectivity index (χ3n) is 3.60. The van der Waals surface area contributed by atoms with Crippen LogP contribution in [0.3, 0.4) is 0 Å². The zero-order valence-corrected chi connectivity index (χ0v) is 11.1. The minimum Gasteiger partial charge on any atom is -0.312 e. The van der Waals surface area contributed by atoms with Gasteiger partial charge in [-0.1, -0.05) is 27.7 Å². The fourth-order valence-corrected chi connectivity index (χ4v) is 2.39. The smallest absolute Gasteiger partial charge is 0.0243 e. The summed E-state index contributed by atoms with van der Waals surface area (Å²) in [5, 5.41) is 3.63. The van der Waals surface area contributed by atoms with E-state index >= 15 is 0 Å². The lowest BCUT2D eigenvalue weighted by atomic mass is 9.86. The molecule has 1 fully saturated rings. The molecular formula is C13H28N2. The van der Waals surface area contributed by atoms with Crippen molar-refractivity contribution in [2.24, 2.45) is 5.41 Å². The Morgan fingerprint density at radius 1 is 1.40 bits per heavy atom. The molecular weight excluding hydrogens is 184 g/mol. The monoisotopic (exact) mass is 212 g/mol. The Morgan fingerprint density at radius 3 is 2.47 bits per heavy atom. The summed E-state index contributed by atoms with van der Waals surface area (Å²) in [5.74, 6) is 0. The van der Waals surface area contributed by atoms with E-state index in [1.165, 1.54) is 25.9 Å². The SMILES string of the molecule is CCNC(CN1CCCC1C)C(C)(C)C. The fourth-order valence-electron chi connectivity index (χ4n) is 2.39. The molecule has 0 radical (unpaired) electrons. The van der Waals surface area contributed by atoms with Crippen molar-refractivity contribution in [3.8, 4) is 0 Å². The first-order valence-corrected chi connectivity index (χ1v) is 6.42. The number of nitrogens with one attached hydrogen (secondary N) is 1. The highest BCUT2D eigenvalue weighted by atomic mass is 15.2. The van der Waals surface area contributed by atoms with Gasteiger partial charge in [-0.25, -0.2) is 0 Å². The Labute approximate surface area is 95.4 Å². The molecule has 2 nitrogen and oxygen atoms in total. The number of likely N-dealkylation sites (N-methyl/N-ethyl adjacent to an activating group) is 1. The molecule has 2 heteroatoms. The summed E-state index contributed by atoms with van der Waals surface area (Å²) in [4.78, 5) is 2.64. The van der Waals surface area contributed by atoms with Crippen LogP contribution >= 0.6 is 0 Å². The van der Waals surface area contributed by atoms with E-state index in [-0.39, 0.29) is 0 Å². The lowest BCUT2D eigenvalue weighted by Gasteiger charge is -2.36. The Balaban J connectivity index is 2.50. The Bertz CT molecular complexity index is 183. The Kier molecular flexibility index (Phi) is 4.60. The van der Waals surface area contributed by atoms with Gasteiger partial charge in [0.25, 0.3) is 0 Å². The highest BCUT2D eigenvalue weighted by molar-refractivity contribution is 4.86. The summed E-state index contributed by atoms with van der Waals surface area (Å²) < 4.78 is 0. The van der Waals surface area contributed by atoms with Crippen LogP contribution in [0.5, 0.6) is 0 Å². The second-order valence-electron chi connectivity index (χ2n) is 5.96. The molecule has 1 saturated heterocycles. The van der Waals surface area contributed by atoms with Gasteiger partial charge in [0, 0.05) is 18.6 Å². The molecule has 1 rings (SSSR count). The molecule has 0 aromatic carbocycles. The zero-order valence-electron chi connectivity index (χ0n) is 11.1.